The molecular weight excluding hydrogens is 885 g/mol. The van der Waals surface area contributed by atoms with E-state index in [1.807, 2.05) is 22.7 Å². The van der Waals surface area contributed by atoms with Gasteiger partial charge in [-0.2, -0.15) is 8.75 Å². The summed E-state index contributed by atoms with van der Waals surface area (Å²) in [6.07, 6.45) is 27.8. The zero-order valence-electron chi connectivity index (χ0n) is 44.1. The van der Waals surface area contributed by atoms with Crippen LogP contribution in [0.2, 0.25) is 0 Å². The summed E-state index contributed by atoms with van der Waals surface area (Å²) < 4.78 is 17.8. The van der Waals surface area contributed by atoms with Crippen LogP contribution in [0.5, 0.6) is 5.75 Å². The van der Waals surface area contributed by atoms with Crippen LogP contribution < -0.4 is 4.74 Å². The SMILES string of the molecule is CCCCCCc1cc(-c2ccc(-c3cc(CCCCCC)c(C(C)(CC)CC)s3)c3nsnc23)sc1-c1ccc2c(c1)C(CCCCCC)(CCCCCC)Oc1cc(C(C)(C)CC)ccc1-2. The van der Waals surface area contributed by atoms with Crippen molar-refractivity contribution in [2.24, 2.45) is 0 Å². The minimum absolute atomic E-state index is 0.0916. The second-order valence-electron chi connectivity index (χ2n) is 21.4. The first kappa shape index (κ1) is 52.5. The summed E-state index contributed by atoms with van der Waals surface area (Å²) in [5.41, 5.74) is 14.2. The molecule has 0 radical (unpaired) electrons. The summed E-state index contributed by atoms with van der Waals surface area (Å²) in [4.78, 5) is 5.64. The van der Waals surface area contributed by atoms with Crippen LogP contribution in [0.3, 0.4) is 0 Å². The van der Waals surface area contributed by atoms with Crippen molar-refractivity contribution in [1.82, 2.24) is 8.75 Å². The van der Waals surface area contributed by atoms with E-state index >= 15 is 0 Å². The van der Waals surface area contributed by atoms with Crippen molar-refractivity contribution < 1.29 is 4.74 Å². The van der Waals surface area contributed by atoms with Gasteiger partial charge in [0.05, 0.1) is 11.7 Å². The van der Waals surface area contributed by atoms with Gasteiger partial charge >= 0.3 is 0 Å². The number of rotatable bonds is 28. The molecular formula is C62H86N2OS3. The first-order chi connectivity index (χ1) is 33.0. The maximum atomic E-state index is 7.62. The van der Waals surface area contributed by atoms with Crippen LogP contribution in [0.4, 0.5) is 0 Å². The largest absolute Gasteiger partial charge is 0.482 e. The lowest BCUT2D eigenvalue weighted by atomic mass is 9.75. The van der Waals surface area contributed by atoms with E-state index in [0.29, 0.717) is 0 Å². The molecule has 6 aromatic rings. The molecule has 1 aliphatic heterocycles. The number of aromatic nitrogens is 2. The summed E-state index contributed by atoms with van der Waals surface area (Å²) in [6.45, 7) is 23.6. The number of aryl methyl sites for hydroxylation is 2. The van der Waals surface area contributed by atoms with Crippen LogP contribution in [0.1, 0.15) is 231 Å². The second-order valence-corrected chi connectivity index (χ2v) is 24.0. The minimum Gasteiger partial charge on any atom is -0.482 e. The van der Waals surface area contributed by atoms with E-state index in [9.17, 15) is 0 Å². The summed E-state index contributed by atoms with van der Waals surface area (Å²) >= 11 is 5.36. The Morgan fingerprint density at radius 3 is 1.62 bits per heavy atom. The highest BCUT2D eigenvalue weighted by atomic mass is 32.1. The van der Waals surface area contributed by atoms with Crippen molar-refractivity contribution in [1.29, 1.82) is 0 Å². The fourth-order valence-electron chi connectivity index (χ4n) is 10.8. The van der Waals surface area contributed by atoms with Crippen molar-refractivity contribution in [3.05, 3.63) is 87.8 Å². The standard InChI is InChI=1S/C62H86N2OS3/c1-11-18-22-26-30-44-41-54(50-36-37-51(57-56(50)63-68-64-57)55-42-46(31-27-23-19-12-2)59(67-55)61(10,16-6)17-7)66-58(44)45-32-34-48-49-35-33-47(60(8,9)15-5)43-53(49)65-62(52(48)40-45,38-28-24-20-13-3)39-29-25-21-14-4/h32-37,40-43H,11-31,38-39H2,1-10H3. The molecule has 368 valence electrons. The molecule has 3 aromatic heterocycles. The summed E-state index contributed by atoms with van der Waals surface area (Å²) in [5, 5.41) is 0. The van der Waals surface area contributed by atoms with Crippen LogP contribution in [-0.4, -0.2) is 8.75 Å². The molecule has 0 spiro atoms. The Balaban J connectivity index is 1.34. The Hall–Kier alpha value is -3.32. The van der Waals surface area contributed by atoms with Crippen LogP contribution in [-0.2, 0) is 29.3 Å². The van der Waals surface area contributed by atoms with E-state index in [1.165, 1.54) is 174 Å². The van der Waals surface area contributed by atoms with Gasteiger partial charge in [0.15, 0.2) is 0 Å². The number of unbranched alkanes of at least 4 members (excludes halogenated alkanes) is 12. The Kier molecular flexibility index (Phi) is 18.7. The Morgan fingerprint density at radius 2 is 1.04 bits per heavy atom. The Bertz CT molecular complexity index is 2520. The minimum atomic E-state index is -0.354. The number of thiophene rings is 2. The highest BCUT2D eigenvalue weighted by Crippen LogP contribution is 2.53. The molecule has 0 fully saturated rings. The number of nitrogens with zero attached hydrogens (tertiary/aromatic N) is 2. The van der Waals surface area contributed by atoms with Gasteiger partial charge in [0.2, 0.25) is 0 Å². The van der Waals surface area contributed by atoms with Crippen molar-refractivity contribution >= 4 is 45.4 Å². The molecule has 0 bridgehead atoms. The molecule has 0 unspecified atom stereocenters. The lowest BCUT2D eigenvalue weighted by molar-refractivity contribution is 0.0385. The molecule has 6 heteroatoms. The molecule has 3 aromatic carbocycles. The third-order valence-electron chi connectivity index (χ3n) is 16.2. The molecule has 0 atom stereocenters. The quantitative estimate of drug-likeness (QED) is 0.0460. The van der Waals surface area contributed by atoms with Crippen LogP contribution in [0, 0.1) is 0 Å². The van der Waals surface area contributed by atoms with Crippen LogP contribution in [0.15, 0.2) is 60.7 Å². The highest BCUT2D eigenvalue weighted by Gasteiger charge is 2.41. The number of fused-ring (bicyclic) bond motifs is 4. The molecule has 3 nitrogen and oxygen atoms in total. The van der Waals surface area contributed by atoms with Gasteiger partial charge in [-0.15, -0.1) is 22.7 Å². The number of benzene rings is 3. The molecule has 0 aliphatic carbocycles. The molecule has 7 rings (SSSR count). The van der Waals surface area contributed by atoms with Gasteiger partial charge in [0, 0.05) is 47.2 Å². The van der Waals surface area contributed by atoms with E-state index in [1.54, 1.807) is 10.4 Å². The predicted octanol–water partition coefficient (Wildman–Crippen LogP) is 21.0. The smallest absolute Gasteiger partial charge is 0.135 e. The normalized spacial score (nSPS) is 13.6. The highest BCUT2D eigenvalue weighted by molar-refractivity contribution is 7.19. The molecule has 0 N–H and O–H groups in total. The van der Waals surface area contributed by atoms with Crippen molar-refractivity contribution in [2.75, 3.05) is 0 Å². The van der Waals surface area contributed by atoms with Crippen LogP contribution in [0.25, 0.3) is 53.5 Å². The molecule has 0 amide bonds. The second kappa shape index (κ2) is 24.2. The number of ether oxygens (including phenoxy) is 1. The van der Waals surface area contributed by atoms with Crippen molar-refractivity contribution in [3.8, 4) is 48.2 Å². The van der Waals surface area contributed by atoms with E-state index < -0.39 is 0 Å². The first-order valence-electron chi connectivity index (χ1n) is 27.5. The fraction of sp³-hybridized carbons (Fsp3) is 0.581. The van der Waals surface area contributed by atoms with E-state index in [4.69, 9.17) is 13.5 Å². The average Bonchev–Trinajstić information content (AvgIpc) is 4.14. The van der Waals surface area contributed by atoms with E-state index in [-0.39, 0.29) is 16.4 Å². The van der Waals surface area contributed by atoms with Crippen LogP contribution >= 0.6 is 34.4 Å². The third kappa shape index (κ3) is 11.6. The monoisotopic (exact) mass is 971 g/mol. The van der Waals surface area contributed by atoms with Crippen molar-refractivity contribution in [2.45, 2.75) is 233 Å². The van der Waals surface area contributed by atoms with Gasteiger partial charge < -0.3 is 4.74 Å². The van der Waals surface area contributed by atoms with E-state index in [2.05, 4.69) is 130 Å². The van der Waals surface area contributed by atoms with Gasteiger partial charge in [-0.1, -0.05) is 183 Å². The van der Waals surface area contributed by atoms with Gasteiger partial charge in [-0.3, -0.25) is 0 Å². The van der Waals surface area contributed by atoms with Gasteiger partial charge in [0.25, 0.3) is 0 Å². The first-order valence-corrected chi connectivity index (χ1v) is 29.9. The summed E-state index contributed by atoms with van der Waals surface area (Å²) in [5.74, 6) is 1.08. The zero-order chi connectivity index (χ0) is 48.3. The average molecular weight is 972 g/mol. The topological polar surface area (TPSA) is 35.0 Å². The summed E-state index contributed by atoms with van der Waals surface area (Å²) in [7, 11) is 0. The molecule has 68 heavy (non-hydrogen) atoms. The molecule has 1 aliphatic rings. The molecule has 0 saturated carbocycles. The maximum absolute atomic E-state index is 7.62. The lowest BCUT2D eigenvalue weighted by Gasteiger charge is -2.42. The van der Waals surface area contributed by atoms with E-state index in [0.717, 1.165) is 61.7 Å². The van der Waals surface area contributed by atoms with Gasteiger partial charge in [-0.25, -0.2) is 0 Å². The molecule has 0 saturated heterocycles. The zero-order valence-corrected chi connectivity index (χ0v) is 46.5. The third-order valence-corrected chi connectivity index (χ3v) is 19.5. The van der Waals surface area contributed by atoms with Gasteiger partial charge in [-0.05, 0) is 128 Å². The molecule has 4 heterocycles. The summed E-state index contributed by atoms with van der Waals surface area (Å²) in [6, 6.07) is 24.4. The van der Waals surface area contributed by atoms with Gasteiger partial charge in [0.1, 0.15) is 22.4 Å². The van der Waals surface area contributed by atoms with Crippen molar-refractivity contribution in [3.63, 3.8) is 0 Å². The predicted molar refractivity (Wildman–Crippen MR) is 302 cm³/mol. The maximum Gasteiger partial charge on any atom is 0.135 e. The fourth-order valence-corrected chi connectivity index (χ4v) is 14.1. The Labute approximate surface area is 425 Å². The lowest BCUT2D eigenvalue weighted by Crippen LogP contribution is -2.36. The Morgan fingerprint density at radius 1 is 0.515 bits per heavy atom. The number of hydrogen-bond acceptors (Lipinski definition) is 6. The number of hydrogen-bond donors (Lipinski definition) is 0.